The number of likely N-dealkylation sites (tertiary alicyclic amines) is 1. The maximum absolute atomic E-state index is 13.2. The Morgan fingerprint density at radius 1 is 1.09 bits per heavy atom. The number of carbonyl (C=O) groups excluding carboxylic acids is 2. The normalized spacial score (nSPS) is 19.2. The van der Waals surface area contributed by atoms with Crippen molar-refractivity contribution in [1.29, 1.82) is 0 Å². The minimum atomic E-state index is -0.767. The van der Waals surface area contributed by atoms with Crippen LogP contribution in [0.25, 0.3) is 0 Å². The average Bonchev–Trinajstić information content (AvgIpc) is 2.78. The molecule has 1 N–H and O–H groups in total. The van der Waals surface area contributed by atoms with E-state index in [1.54, 1.807) is 45.3 Å². The number of piperidine rings is 1. The second-order valence-corrected chi connectivity index (χ2v) is 8.07. The lowest BCUT2D eigenvalue weighted by Gasteiger charge is -2.31. The number of hydrogen-bond acceptors (Lipinski definition) is 6. The molecule has 2 heterocycles. The highest BCUT2D eigenvalue weighted by atomic mass is 35.5. The SMILES string of the molecule is CCOC(=O)C1=C(C)NC(N=CN2CCCCC2)=C(C(=O)OCC)C1c1ccccc1Cl. The van der Waals surface area contributed by atoms with Crippen LogP contribution in [0.2, 0.25) is 5.02 Å². The van der Waals surface area contributed by atoms with Crippen LogP contribution in [0.1, 0.15) is 51.5 Å². The van der Waals surface area contributed by atoms with Gasteiger partial charge in [0.15, 0.2) is 0 Å². The number of halogens is 1. The van der Waals surface area contributed by atoms with Gasteiger partial charge in [-0.3, -0.25) is 0 Å². The van der Waals surface area contributed by atoms with Gasteiger partial charge in [-0.25, -0.2) is 14.6 Å². The van der Waals surface area contributed by atoms with Crippen LogP contribution in [0.3, 0.4) is 0 Å². The van der Waals surface area contributed by atoms with Crippen molar-refractivity contribution in [3.05, 3.63) is 57.5 Å². The summed E-state index contributed by atoms with van der Waals surface area (Å²) in [6.45, 7) is 7.49. The number of dihydropyridines is 1. The third-order valence-electron chi connectivity index (χ3n) is 5.49. The zero-order valence-corrected chi connectivity index (χ0v) is 19.6. The van der Waals surface area contributed by atoms with Gasteiger partial charge in [0.2, 0.25) is 0 Å². The molecule has 2 aliphatic heterocycles. The lowest BCUT2D eigenvalue weighted by atomic mass is 9.81. The topological polar surface area (TPSA) is 80.2 Å². The van der Waals surface area contributed by atoms with Crippen LogP contribution < -0.4 is 5.32 Å². The van der Waals surface area contributed by atoms with Gasteiger partial charge in [-0.1, -0.05) is 29.8 Å². The van der Waals surface area contributed by atoms with Crippen molar-refractivity contribution in [2.45, 2.75) is 46.0 Å². The molecule has 0 amide bonds. The summed E-state index contributed by atoms with van der Waals surface area (Å²) in [7, 11) is 0. The fraction of sp³-hybridized carbons (Fsp3) is 0.458. The van der Waals surface area contributed by atoms with Crippen LogP contribution in [0.5, 0.6) is 0 Å². The van der Waals surface area contributed by atoms with Crippen molar-refractivity contribution >= 4 is 29.9 Å². The van der Waals surface area contributed by atoms with E-state index in [0.717, 1.165) is 25.9 Å². The summed E-state index contributed by atoms with van der Waals surface area (Å²) in [5, 5.41) is 3.58. The minimum absolute atomic E-state index is 0.193. The molecular weight excluding hydrogens is 430 g/mol. The molecule has 2 aliphatic rings. The molecule has 1 aromatic rings. The fourth-order valence-electron chi connectivity index (χ4n) is 4.01. The molecule has 8 heteroatoms. The molecule has 1 saturated heterocycles. The zero-order valence-electron chi connectivity index (χ0n) is 18.8. The third-order valence-corrected chi connectivity index (χ3v) is 5.83. The van der Waals surface area contributed by atoms with Crippen molar-refractivity contribution < 1.29 is 19.1 Å². The summed E-state index contributed by atoms with van der Waals surface area (Å²) in [4.78, 5) is 32.9. The highest BCUT2D eigenvalue weighted by molar-refractivity contribution is 6.31. The number of nitrogens with one attached hydrogen (secondary N) is 1. The van der Waals surface area contributed by atoms with Gasteiger partial charge < -0.3 is 19.7 Å². The maximum atomic E-state index is 13.2. The Labute approximate surface area is 194 Å². The predicted octanol–water partition coefficient (Wildman–Crippen LogP) is 4.15. The lowest BCUT2D eigenvalue weighted by molar-refractivity contribution is -0.139. The van der Waals surface area contributed by atoms with Crippen LogP contribution >= 0.6 is 11.6 Å². The third kappa shape index (κ3) is 5.33. The number of benzene rings is 1. The van der Waals surface area contributed by atoms with Gasteiger partial charge in [-0.05, 0) is 51.7 Å². The largest absolute Gasteiger partial charge is 0.463 e. The molecule has 0 aromatic heterocycles. The highest BCUT2D eigenvalue weighted by Gasteiger charge is 2.40. The second kappa shape index (κ2) is 11.2. The van der Waals surface area contributed by atoms with Crippen LogP contribution in [0.4, 0.5) is 0 Å². The Balaban J connectivity index is 2.15. The Kier molecular flexibility index (Phi) is 8.33. The number of nitrogens with zero attached hydrogens (tertiary/aromatic N) is 2. The standard InChI is InChI=1S/C24H30ClN3O4/c1-4-31-23(29)19-16(3)27-22(26-15-28-13-9-6-10-14-28)21(24(30)32-5-2)20(19)17-11-7-8-12-18(17)25/h7-8,11-12,15,20,27H,4-6,9-10,13-14H2,1-3H3. The number of aliphatic imine (C=N–C) groups is 1. The summed E-state index contributed by atoms with van der Waals surface area (Å²) in [5.41, 5.74) is 1.74. The molecule has 172 valence electrons. The van der Waals surface area contributed by atoms with Gasteiger partial charge in [0.05, 0.1) is 36.6 Å². The van der Waals surface area contributed by atoms with E-state index < -0.39 is 17.9 Å². The van der Waals surface area contributed by atoms with Crippen molar-refractivity contribution in [1.82, 2.24) is 10.2 Å². The summed E-state index contributed by atoms with van der Waals surface area (Å²) in [6.07, 6.45) is 5.18. The number of ether oxygens (including phenoxy) is 2. The van der Waals surface area contributed by atoms with E-state index in [-0.39, 0.29) is 18.8 Å². The average molecular weight is 460 g/mol. The molecule has 7 nitrogen and oxygen atoms in total. The van der Waals surface area contributed by atoms with Gasteiger partial charge in [-0.15, -0.1) is 0 Å². The summed E-state index contributed by atoms with van der Waals surface area (Å²) < 4.78 is 10.7. The molecule has 0 spiro atoms. The van der Waals surface area contributed by atoms with E-state index in [4.69, 9.17) is 21.1 Å². The van der Waals surface area contributed by atoms with Gasteiger partial charge in [0.1, 0.15) is 5.82 Å². The summed E-state index contributed by atoms with van der Waals surface area (Å²) >= 11 is 6.53. The lowest BCUT2D eigenvalue weighted by Crippen LogP contribution is -2.34. The molecule has 1 fully saturated rings. The first-order valence-corrected chi connectivity index (χ1v) is 11.4. The van der Waals surface area contributed by atoms with E-state index in [1.165, 1.54) is 6.42 Å². The first kappa shape index (κ1) is 23.9. The van der Waals surface area contributed by atoms with Gasteiger partial charge in [0.25, 0.3) is 0 Å². The molecule has 0 bridgehead atoms. The number of allylic oxidation sites excluding steroid dienone is 1. The molecule has 32 heavy (non-hydrogen) atoms. The van der Waals surface area contributed by atoms with E-state index in [2.05, 4.69) is 15.2 Å². The Morgan fingerprint density at radius 2 is 1.72 bits per heavy atom. The van der Waals surface area contributed by atoms with E-state index in [0.29, 0.717) is 27.7 Å². The van der Waals surface area contributed by atoms with Crippen LogP contribution in [-0.4, -0.2) is 49.5 Å². The van der Waals surface area contributed by atoms with Gasteiger partial charge >= 0.3 is 11.9 Å². The molecule has 1 atom stereocenters. The number of rotatable bonds is 7. The maximum Gasteiger partial charge on any atom is 0.338 e. The Bertz CT molecular complexity index is 948. The Morgan fingerprint density at radius 3 is 2.34 bits per heavy atom. The summed E-state index contributed by atoms with van der Waals surface area (Å²) in [5.74, 6) is -1.48. The molecule has 0 aliphatic carbocycles. The monoisotopic (exact) mass is 459 g/mol. The molecule has 0 radical (unpaired) electrons. The van der Waals surface area contributed by atoms with Crippen molar-refractivity contribution in [2.75, 3.05) is 26.3 Å². The van der Waals surface area contributed by atoms with E-state index in [1.807, 2.05) is 6.07 Å². The first-order valence-electron chi connectivity index (χ1n) is 11.1. The number of hydrogen-bond donors (Lipinski definition) is 1. The van der Waals surface area contributed by atoms with E-state index in [9.17, 15) is 9.59 Å². The second-order valence-electron chi connectivity index (χ2n) is 7.66. The van der Waals surface area contributed by atoms with Crippen LogP contribution in [-0.2, 0) is 19.1 Å². The molecular formula is C24H30ClN3O4. The van der Waals surface area contributed by atoms with Crippen molar-refractivity contribution in [3.63, 3.8) is 0 Å². The quantitative estimate of drug-likeness (QED) is 0.375. The Hall–Kier alpha value is -2.80. The van der Waals surface area contributed by atoms with Gasteiger partial charge in [0, 0.05) is 23.8 Å². The van der Waals surface area contributed by atoms with E-state index >= 15 is 0 Å². The van der Waals surface area contributed by atoms with Crippen molar-refractivity contribution in [2.24, 2.45) is 4.99 Å². The van der Waals surface area contributed by atoms with Crippen LogP contribution in [0, 0.1) is 0 Å². The predicted molar refractivity (Wildman–Crippen MR) is 124 cm³/mol. The molecule has 1 unspecified atom stereocenters. The number of esters is 2. The minimum Gasteiger partial charge on any atom is -0.463 e. The van der Waals surface area contributed by atoms with Gasteiger partial charge in [-0.2, -0.15) is 0 Å². The summed E-state index contributed by atoms with van der Waals surface area (Å²) in [6, 6.07) is 7.16. The smallest absolute Gasteiger partial charge is 0.338 e. The molecule has 3 rings (SSSR count). The first-order chi connectivity index (χ1) is 15.5. The van der Waals surface area contributed by atoms with Crippen LogP contribution in [0.15, 0.2) is 51.9 Å². The zero-order chi connectivity index (χ0) is 23.1. The fourth-order valence-corrected chi connectivity index (χ4v) is 4.25. The highest BCUT2D eigenvalue weighted by Crippen LogP contribution is 2.42. The number of carbonyl (C=O) groups is 2. The molecule has 0 saturated carbocycles. The molecule has 1 aromatic carbocycles. The van der Waals surface area contributed by atoms with Crippen molar-refractivity contribution in [3.8, 4) is 0 Å².